The fourth-order valence-electron chi connectivity index (χ4n) is 2.86. The molecule has 140 valence electrons. The number of carbonyl (C=O) groups excluding carboxylic acids is 1. The Labute approximate surface area is 152 Å². The average molecular weight is 359 g/mol. The first kappa shape index (κ1) is 19.6. The number of hydrogen-bond acceptors (Lipinski definition) is 4. The Morgan fingerprint density at radius 2 is 1.81 bits per heavy atom. The Morgan fingerprint density at radius 3 is 2.42 bits per heavy atom. The quantitative estimate of drug-likeness (QED) is 0.754. The molecular formula is C19H25N3O4. The normalized spacial score (nSPS) is 12.3. The summed E-state index contributed by atoms with van der Waals surface area (Å²) in [6.07, 6.45) is 2.95. The van der Waals surface area contributed by atoms with Crippen molar-refractivity contribution in [3.63, 3.8) is 0 Å². The van der Waals surface area contributed by atoms with Crippen molar-refractivity contribution >= 4 is 22.6 Å². The fourth-order valence-corrected chi connectivity index (χ4v) is 2.86. The standard InChI is InChI=1S/C19H25N3O4/c1-12(2)7-6-8-13(3)20-16(23)11-22-18(24)15-10-5-4-9-14(15)17(21-22)19(25)26/h4-5,9-10,12-13H,6-8,11H2,1-3H3,(H,20,23)(H,25,26). The number of fused-ring (bicyclic) bond motifs is 1. The van der Waals surface area contributed by atoms with Crippen LogP contribution in [0, 0.1) is 5.92 Å². The number of nitrogens with one attached hydrogen (secondary N) is 1. The van der Waals surface area contributed by atoms with Crippen molar-refractivity contribution in [3.05, 3.63) is 40.3 Å². The van der Waals surface area contributed by atoms with Crippen molar-refractivity contribution in [2.45, 2.75) is 52.6 Å². The van der Waals surface area contributed by atoms with E-state index in [0.29, 0.717) is 5.92 Å². The molecule has 0 aliphatic carbocycles. The lowest BCUT2D eigenvalue weighted by molar-refractivity contribution is -0.122. The van der Waals surface area contributed by atoms with Crippen LogP contribution < -0.4 is 10.9 Å². The van der Waals surface area contributed by atoms with Gasteiger partial charge in [0.15, 0.2) is 5.69 Å². The fraction of sp³-hybridized carbons (Fsp3) is 0.474. The molecule has 1 heterocycles. The Hall–Kier alpha value is -2.70. The number of aromatic nitrogens is 2. The summed E-state index contributed by atoms with van der Waals surface area (Å²) in [4.78, 5) is 36.2. The third kappa shape index (κ3) is 4.91. The van der Waals surface area contributed by atoms with Gasteiger partial charge in [-0.1, -0.05) is 44.9 Å². The number of carboxylic acids is 1. The predicted molar refractivity (Wildman–Crippen MR) is 99.3 cm³/mol. The zero-order chi connectivity index (χ0) is 19.3. The topological polar surface area (TPSA) is 101 Å². The molecule has 2 N–H and O–H groups in total. The minimum atomic E-state index is -1.24. The highest BCUT2D eigenvalue weighted by Gasteiger charge is 2.17. The molecule has 1 aromatic carbocycles. The minimum Gasteiger partial charge on any atom is -0.476 e. The van der Waals surface area contributed by atoms with Crippen molar-refractivity contribution < 1.29 is 14.7 Å². The molecule has 0 radical (unpaired) electrons. The molecule has 0 saturated carbocycles. The molecule has 0 spiro atoms. The van der Waals surface area contributed by atoms with Crippen LogP contribution in [-0.4, -0.2) is 32.8 Å². The van der Waals surface area contributed by atoms with Crippen LogP contribution in [0.15, 0.2) is 29.1 Å². The molecule has 0 bridgehead atoms. The van der Waals surface area contributed by atoms with Gasteiger partial charge in [-0.2, -0.15) is 5.10 Å². The van der Waals surface area contributed by atoms with E-state index in [0.717, 1.165) is 23.9 Å². The van der Waals surface area contributed by atoms with E-state index in [1.165, 1.54) is 12.1 Å². The van der Waals surface area contributed by atoms with Gasteiger partial charge in [-0.05, 0) is 25.3 Å². The minimum absolute atomic E-state index is 0.0173. The molecule has 0 saturated heterocycles. The molecule has 0 aliphatic heterocycles. The SMILES string of the molecule is CC(C)CCCC(C)NC(=O)Cn1nc(C(=O)O)c2ccccc2c1=O. The lowest BCUT2D eigenvalue weighted by Gasteiger charge is -2.15. The number of rotatable bonds is 8. The highest BCUT2D eigenvalue weighted by atomic mass is 16.4. The van der Waals surface area contributed by atoms with Crippen LogP contribution in [0.3, 0.4) is 0 Å². The second-order valence-corrected chi connectivity index (χ2v) is 6.96. The lowest BCUT2D eigenvalue weighted by Crippen LogP contribution is -2.38. The Balaban J connectivity index is 2.15. The van der Waals surface area contributed by atoms with Crippen LogP contribution in [0.5, 0.6) is 0 Å². The van der Waals surface area contributed by atoms with Gasteiger partial charge in [-0.25, -0.2) is 9.48 Å². The van der Waals surface area contributed by atoms with Gasteiger partial charge < -0.3 is 10.4 Å². The lowest BCUT2D eigenvalue weighted by atomic mass is 10.0. The molecular weight excluding hydrogens is 334 g/mol. The number of amides is 1. The van der Waals surface area contributed by atoms with Crippen LogP contribution in [-0.2, 0) is 11.3 Å². The molecule has 2 aromatic rings. The van der Waals surface area contributed by atoms with E-state index in [9.17, 15) is 19.5 Å². The highest BCUT2D eigenvalue weighted by Crippen LogP contribution is 2.13. The van der Waals surface area contributed by atoms with Gasteiger partial charge in [0.25, 0.3) is 5.56 Å². The summed E-state index contributed by atoms with van der Waals surface area (Å²) in [6.45, 7) is 5.91. The van der Waals surface area contributed by atoms with Crippen LogP contribution in [0.25, 0.3) is 10.8 Å². The smallest absolute Gasteiger partial charge is 0.357 e. The van der Waals surface area contributed by atoms with E-state index in [1.807, 2.05) is 6.92 Å². The monoisotopic (exact) mass is 359 g/mol. The molecule has 7 nitrogen and oxygen atoms in total. The largest absolute Gasteiger partial charge is 0.476 e. The van der Waals surface area contributed by atoms with Gasteiger partial charge in [0.05, 0.1) is 5.39 Å². The van der Waals surface area contributed by atoms with E-state index in [1.54, 1.807) is 12.1 Å². The van der Waals surface area contributed by atoms with E-state index in [4.69, 9.17) is 0 Å². The van der Waals surface area contributed by atoms with E-state index < -0.39 is 11.5 Å². The van der Waals surface area contributed by atoms with Crippen molar-refractivity contribution in [2.75, 3.05) is 0 Å². The number of aromatic carboxylic acids is 1. The number of carbonyl (C=O) groups is 2. The van der Waals surface area contributed by atoms with Gasteiger partial charge in [-0.3, -0.25) is 9.59 Å². The molecule has 1 atom stereocenters. The van der Waals surface area contributed by atoms with E-state index in [-0.39, 0.29) is 35.0 Å². The maximum atomic E-state index is 12.5. The number of benzene rings is 1. The molecule has 1 aromatic heterocycles. The Kier molecular flexibility index (Phi) is 6.49. The molecule has 0 fully saturated rings. The first-order valence-electron chi connectivity index (χ1n) is 8.82. The van der Waals surface area contributed by atoms with Gasteiger partial charge in [0, 0.05) is 11.4 Å². The van der Waals surface area contributed by atoms with Crippen LogP contribution in [0.2, 0.25) is 0 Å². The highest BCUT2D eigenvalue weighted by molar-refractivity contribution is 6.01. The molecule has 1 unspecified atom stereocenters. The summed E-state index contributed by atoms with van der Waals surface area (Å²) in [5.41, 5.74) is -0.716. The zero-order valence-electron chi connectivity index (χ0n) is 15.4. The summed E-state index contributed by atoms with van der Waals surface area (Å²) in [5.74, 6) is -0.978. The van der Waals surface area contributed by atoms with Gasteiger partial charge in [0.2, 0.25) is 5.91 Å². The zero-order valence-corrected chi connectivity index (χ0v) is 15.4. The third-order valence-electron chi connectivity index (χ3n) is 4.19. The number of hydrogen-bond donors (Lipinski definition) is 2. The van der Waals surface area contributed by atoms with Crippen LogP contribution in [0.1, 0.15) is 50.5 Å². The molecule has 2 rings (SSSR count). The third-order valence-corrected chi connectivity index (χ3v) is 4.19. The summed E-state index contributed by atoms with van der Waals surface area (Å²) in [6, 6.07) is 6.35. The molecule has 26 heavy (non-hydrogen) atoms. The van der Waals surface area contributed by atoms with Crippen molar-refractivity contribution in [2.24, 2.45) is 5.92 Å². The summed E-state index contributed by atoms with van der Waals surface area (Å²) >= 11 is 0. The first-order valence-corrected chi connectivity index (χ1v) is 8.82. The van der Waals surface area contributed by atoms with Crippen molar-refractivity contribution in [1.29, 1.82) is 0 Å². The van der Waals surface area contributed by atoms with Crippen molar-refractivity contribution in [3.8, 4) is 0 Å². The van der Waals surface area contributed by atoms with Gasteiger partial charge in [-0.15, -0.1) is 0 Å². The Bertz CT molecular complexity index is 857. The van der Waals surface area contributed by atoms with Gasteiger partial charge in [0.1, 0.15) is 6.54 Å². The first-order chi connectivity index (χ1) is 12.3. The Morgan fingerprint density at radius 1 is 1.15 bits per heavy atom. The maximum absolute atomic E-state index is 12.5. The van der Waals surface area contributed by atoms with Gasteiger partial charge >= 0.3 is 5.97 Å². The second kappa shape index (κ2) is 8.60. The second-order valence-electron chi connectivity index (χ2n) is 6.96. The summed E-state index contributed by atoms with van der Waals surface area (Å²) in [5, 5.41) is 16.6. The predicted octanol–water partition coefficient (Wildman–Crippen LogP) is 2.43. The average Bonchev–Trinajstić information content (AvgIpc) is 2.56. The van der Waals surface area contributed by atoms with Crippen molar-refractivity contribution in [1.82, 2.24) is 15.1 Å². The van der Waals surface area contributed by atoms with E-state index in [2.05, 4.69) is 24.3 Å². The van der Waals surface area contributed by atoms with Crippen LogP contribution >= 0.6 is 0 Å². The van der Waals surface area contributed by atoms with E-state index >= 15 is 0 Å². The number of carboxylic acid groups (broad SMARTS) is 1. The molecule has 0 aliphatic rings. The molecule has 7 heteroatoms. The molecule has 1 amide bonds. The summed E-state index contributed by atoms with van der Waals surface area (Å²) < 4.78 is 0.919. The van der Waals surface area contributed by atoms with Crippen LogP contribution in [0.4, 0.5) is 0 Å². The number of nitrogens with zero attached hydrogens (tertiary/aromatic N) is 2. The maximum Gasteiger partial charge on any atom is 0.357 e. The summed E-state index contributed by atoms with van der Waals surface area (Å²) in [7, 11) is 0.